The predicted octanol–water partition coefficient (Wildman–Crippen LogP) is 1.93. The second kappa shape index (κ2) is 10.1. The molecule has 0 saturated carbocycles. The maximum absolute atomic E-state index is 12.9. The summed E-state index contributed by atoms with van der Waals surface area (Å²) in [7, 11) is 0. The van der Waals surface area contributed by atoms with E-state index in [1.54, 1.807) is 0 Å². The van der Waals surface area contributed by atoms with Crippen molar-refractivity contribution in [1.82, 2.24) is 14.7 Å². The van der Waals surface area contributed by atoms with Crippen LogP contribution in [-0.2, 0) is 9.59 Å². The molecule has 28 heavy (non-hydrogen) atoms. The van der Waals surface area contributed by atoms with E-state index in [0.29, 0.717) is 36.9 Å². The fraction of sp³-hybridized carbons (Fsp3) is 0.909. The summed E-state index contributed by atoms with van der Waals surface area (Å²) >= 11 is 0. The van der Waals surface area contributed by atoms with Crippen molar-refractivity contribution in [3.05, 3.63) is 0 Å². The first-order valence-electron chi connectivity index (χ1n) is 11.5. The van der Waals surface area contributed by atoms with Crippen molar-refractivity contribution in [1.29, 1.82) is 0 Å². The van der Waals surface area contributed by atoms with Gasteiger partial charge < -0.3 is 15.5 Å². The number of hydrogen-bond acceptors (Lipinski definition) is 4. The van der Waals surface area contributed by atoms with Gasteiger partial charge in [0.15, 0.2) is 0 Å². The third-order valence-electron chi connectivity index (χ3n) is 7.37. The number of carbonyl (C=O) groups excluding carboxylic acids is 2. The molecular weight excluding hydrogens is 352 g/mol. The van der Waals surface area contributed by atoms with Crippen molar-refractivity contribution in [2.75, 3.05) is 45.8 Å². The normalized spacial score (nSPS) is 30.9. The summed E-state index contributed by atoms with van der Waals surface area (Å²) < 4.78 is 0. The van der Waals surface area contributed by atoms with E-state index < -0.39 is 0 Å². The summed E-state index contributed by atoms with van der Waals surface area (Å²) in [6.45, 7) is 9.91. The van der Waals surface area contributed by atoms with Gasteiger partial charge in [0.1, 0.15) is 0 Å². The van der Waals surface area contributed by atoms with Gasteiger partial charge in [-0.25, -0.2) is 0 Å². The van der Waals surface area contributed by atoms with Crippen LogP contribution < -0.4 is 5.73 Å². The molecule has 3 aliphatic heterocycles. The monoisotopic (exact) mass is 392 g/mol. The Labute approximate surface area is 170 Å². The van der Waals surface area contributed by atoms with E-state index in [-0.39, 0.29) is 11.8 Å². The van der Waals surface area contributed by atoms with Gasteiger partial charge in [0, 0.05) is 44.7 Å². The lowest BCUT2D eigenvalue weighted by Crippen LogP contribution is -2.52. The highest BCUT2D eigenvalue weighted by atomic mass is 16.2. The van der Waals surface area contributed by atoms with Crippen LogP contribution in [0.2, 0.25) is 0 Å². The largest absolute Gasteiger partial charge is 0.342 e. The average molecular weight is 393 g/mol. The minimum atomic E-state index is 0.110. The summed E-state index contributed by atoms with van der Waals surface area (Å²) in [4.78, 5) is 32.1. The van der Waals surface area contributed by atoms with Gasteiger partial charge in [0.05, 0.1) is 6.54 Å². The van der Waals surface area contributed by atoms with Crippen molar-refractivity contribution in [2.24, 2.45) is 23.5 Å². The quantitative estimate of drug-likeness (QED) is 0.794. The standard InChI is InChI=1S/C22H40N4O2/c1-17-13-18(2)26(15-20(17)14-23)16-21(27)24-11-7-19(8-12-24)22(28)25-9-5-3-4-6-10-25/h17-20H,3-16,23H2,1-2H3. The molecular formula is C22H40N4O2. The van der Waals surface area contributed by atoms with Gasteiger partial charge in [0.2, 0.25) is 11.8 Å². The molecule has 6 nitrogen and oxygen atoms in total. The van der Waals surface area contributed by atoms with Crippen LogP contribution in [0.5, 0.6) is 0 Å². The molecule has 0 radical (unpaired) electrons. The van der Waals surface area contributed by atoms with Crippen molar-refractivity contribution >= 4 is 11.8 Å². The smallest absolute Gasteiger partial charge is 0.236 e. The van der Waals surface area contributed by atoms with Crippen LogP contribution in [0.15, 0.2) is 0 Å². The number of carbonyl (C=O) groups is 2. The molecule has 3 heterocycles. The molecule has 3 aliphatic rings. The predicted molar refractivity (Wildman–Crippen MR) is 112 cm³/mol. The molecule has 3 rings (SSSR count). The Morgan fingerprint density at radius 2 is 1.57 bits per heavy atom. The zero-order valence-electron chi connectivity index (χ0n) is 17.9. The van der Waals surface area contributed by atoms with Crippen LogP contribution in [0.3, 0.4) is 0 Å². The highest BCUT2D eigenvalue weighted by molar-refractivity contribution is 5.81. The van der Waals surface area contributed by atoms with E-state index in [0.717, 1.165) is 64.8 Å². The molecule has 0 aliphatic carbocycles. The van der Waals surface area contributed by atoms with Crippen molar-refractivity contribution < 1.29 is 9.59 Å². The molecule has 160 valence electrons. The summed E-state index contributed by atoms with van der Waals surface area (Å²) in [5, 5.41) is 0. The lowest BCUT2D eigenvalue weighted by atomic mass is 9.83. The Kier molecular flexibility index (Phi) is 7.75. The topological polar surface area (TPSA) is 69.9 Å². The van der Waals surface area contributed by atoms with Crippen molar-refractivity contribution in [2.45, 2.75) is 64.8 Å². The summed E-state index contributed by atoms with van der Waals surface area (Å²) in [5.41, 5.74) is 5.93. The number of nitrogens with zero attached hydrogens (tertiary/aromatic N) is 3. The molecule has 0 spiro atoms. The van der Waals surface area contributed by atoms with Crippen LogP contribution in [-0.4, -0.2) is 78.4 Å². The van der Waals surface area contributed by atoms with Crippen LogP contribution in [0.4, 0.5) is 0 Å². The second-order valence-electron chi connectivity index (χ2n) is 9.38. The van der Waals surface area contributed by atoms with E-state index in [4.69, 9.17) is 5.73 Å². The van der Waals surface area contributed by atoms with Gasteiger partial charge in [-0.15, -0.1) is 0 Å². The maximum Gasteiger partial charge on any atom is 0.236 e. The van der Waals surface area contributed by atoms with Crippen LogP contribution >= 0.6 is 0 Å². The molecule has 3 atom stereocenters. The molecule has 2 N–H and O–H groups in total. The summed E-state index contributed by atoms with van der Waals surface area (Å²) in [6.07, 6.45) is 7.52. The molecule has 0 aromatic heterocycles. The Balaban J connectivity index is 1.46. The zero-order valence-corrected chi connectivity index (χ0v) is 17.9. The van der Waals surface area contributed by atoms with E-state index in [1.165, 1.54) is 12.8 Å². The lowest BCUT2D eigenvalue weighted by Gasteiger charge is -2.42. The summed E-state index contributed by atoms with van der Waals surface area (Å²) in [6, 6.07) is 0.434. The van der Waals surface area contributed by atoms with Gasteiger partial charge in [-0.2, -0.15) is 0 Å². The number of likely N-dealkylation sites (tertiary alicyclic amines) is 3. The fourth-order valence-corrected chi connectivity index (χ4v) is 5.27. The first kappa shape index (κ1) is 21.6. The van der Waals surface area contributed by atoms with Crippen LogP contribution in [0.25, 0.3) is 0 Å². The second-order valence-corrected chi connectivity index (χ2v) is 9.38. The van der Waals surface area contributed by atoms with E-state index in [2.05, 4.69) is 23.6 Å². The number of piperidine rings is 2. The highest BCUT2D eigenvalue weighted by Gasteiger charge is 2.34. The van der Waals surface area contributed by atoms with E-state index in [9.17, 15) is 9.59 Å². The van der Waals surface area contributed by atoms with Crippen LogP contribution in [0.1, 0.15) is 58.8 Å². The average Bonchev–Trinajstić information content (AvgIpc) is 2.99. The third kappa shape index (κ3) is 5.26. The van der Waals surface area contributed by atoms with Gasteiger partial charge in [-0.3, -0.25) is 14.5 Å². The highest BCUT2D eigenvalue weighted by Crippen LogP contribution is 2.27. The van der Waals surface area contributed by atoms with Gasteiger partial charge in [0.25, 0.3) is 0 Å². The molecule has 6 heteroatoms. The molecule has 0 aromatic rings. The molecule has 0 aromatic carbocycles. The lowest BCUT2D eigenvalue weighted by molar-refractivity contribution is -0.141. The molecule has 2 amide bonds. The Morgan fingerprint density at radius 3 is 2.18 bits per heavy atom. The van der Waals surface area contributed by atoms with E-state index >= 15 is 0 Å². The maximum atomic E-state index is 12.9. The minimum absolute atomic E-state index is 0.110. The van der Waals surface area contributed by atoms with Gasteiger partial charge >= 0.3 is 0 Å². The van der Waals surface area contributed by atoms with E-state index in [1.807, 2.05) is 4.90 Å². The minimum Gasteiger partial charge on any atom is -0.342 e. The third-order valence-corrected chi connectivity index (χ3v) is 7.37. The van der Waals surface area contributed by atoms with Gasteiger partial charge in [-0.1, -0.05) is 19.8 Å². The van der Waals surface area contributed by atoms with Gasteiger partial charge in [-0.05, 0) is 57.4 Å². The van der Waals surface area contributed by atoms with Crippen LogP contribution in [0, 0.1) is 17.8 Å². The first-order valence-corrected chi connectivity index (χ1v) is 11.5. The molecule has 0 bridgehead atoms. The summed E-state index contributed by atoms with van der Waals surface area (Å²) in [5.74, 6) is 1.78. The molecule has 3 saturated heterocycles. The number of rotatable bonds is 4. The number of nitrogens with two attached hydrogens (primary N) is 1. The molecule has 3 unspecified atom stereocenters. The molecule has 3 fully saturated rings. The first-order chi connectivity index (χ1) is 13.5. The number of amides is 2. The zero-order chi connectivity index (χ0) is 20.1. The Hall–Kier alpha value is -1.14. The Bertz CT molecular complexity index is 525. The SMILES string of the molecule is CC1CC(C)N(CC(=O)N2CCC(C(=O)N3CCCCCC3)CC2)CC1CN. The number of hydrogen-bond donors (Lipinski definition) is 1. The Morgan fingerprint density at radius 1 is 0.929 bits per heavy atom. The van der Waals surface area contributed by atoms with Crippen molar-refractivity contribution in [3.8, 4) is 0 Å². The van der Waals surface area contributed by atoms with Crippen molar-refractivity contribution in [3.63, 3.8) is 0 Å². The fourth-order valence-electron chi connectivity index (χ4n) is 5.27.